The molecule has 3 aromatic carbocycles. The van der Waals surface area contributed by atoms with Gasteiger partial charge in [0.15, 0.2) is 16.7 Å². The third-order valence-corrected chi connectivity index (χ3v) is 6.68. The Morgan fingerprint density at radius 1 is 1.05 bits per heavy atom. The lowest BCUT2D eigenvalue weighted by molar-refractivity contribution is -0.121. The predicted octanol–water partition coefficient (Wildman–Crippen LogP) is 6.34. The summed E-state index contributed by atoms with van der Waals surface area (Å²) in [6.45, 7) is 2.74. The summed E-state index contributed by atoms with van der Waals surface area (Å²) >= 11 is 7.21. The molecule has 190 valence electrons. The number of ether oxygens (including phenoxy) is 3. The zero-order valence-electron chi connectivity index (χ0n) is 20.6. The fourth-order valence-electron chi connectivity index (χ4n) is 3.48. The standard InChI is InChI=1S/C28H25ClN2O5S/c1-4-35-24-14-19(10-13-23(24)36-17-18-8-11-21(29)12-9-18)15-25-26(32)31(2)28(37-25)30-22-7-5-6-20(16-22)27(33)34-3/h5-16H,4,17H2,1-3H3. The summed E-state index contributed by atoms with van der Waals surface area (Å²) in [5.74, 6) is 0.572. The maximum Gasteiger partial charge on any atom is 0.337 e. The summed E-state index contributed by atoms with van der Waals surface area (Å²) < 4.78 is 16.5. The Hall–Kier alpha value is -3.75. The molecule has 0 radical (unpaired) electrons. The second-order valence-electron chi connectivity index (χ2n) is 7.97. The molecule has 0 unspecified atom stereocenters. The molecule has 1 fully saturated rings. The van der Waals surface area contributed by atoms with Crippen LogP contribution >= 0.6 is 23.4 Å². The topological polar surface area (TPSA) is 77.4 Å². The van der Waals surface area contributed by atoms with Crippen LogP contribution in [-0.2, 0) is 16.1 Å². The van der Waals surface area contributed by atoms with Crippen LogP contribution in [0.5, 0.6) is 11.5 Å². The molecule has 7 nitrogen and oxygen atoms in total. The number of carbonyl (C=O) groups is 2. The molecule has 9 heteroatoms. The number of methoxy groups -OCH3 is 1. The van der Waals surface area contributed by atoms with Gasteiger partial charge in [0.05, 0.1) is 29.9 Å². The number of thioether (sulfide) groups is 1. The summed E-state index contributed by atoms with van der Waals surface area (Å²) in [5, 5.41) is 1.18. The highest BCUT2D eigenvalue weighted by Gasteiger charge is 2.30. The maximum atomic E-state index is 12.9. The molecule has 1 aliphatic heterocycles. The van der Waals surface area contributed by atoms with Crippen molar-refractivity contribution in [1.29, 1.82) is 0 Å². The van der Waals surface area contributed by atoms with E-state index in [1.165, 1.54) is 23.8 Å². The molecule has 1 saturated heterocycles. The lowest BCUT2D eigenvalue weighted by Crippen LogP contribution is -2.23. The van der Waals surface area contributed by atoms with Gasteiger partial charge in [-0.3, -0.25) is 9.69 Å². The van der Waals surface area contributed by atoms with E-state index in [0.29, 0.717) is 51.1 Å². The van der Waals surface area contributed by atoms with Crippen LogP contribution in [0.1, 0.15) is 28.4 Å². The molecule has 0 N–H and O–H groups in total. The smallest absolute Gasteiger partial charge is 0.337 e. The Bertz CT molecular complexity index is 1370. The van der Waals surface area contributed by atoms with Gasteiger partial charge in [0, 0.05) is 12.1 Å². The highest BCUT2D eigenvalue weighted by molar-refractivity contribution is 8.18. The van der Waals surface area contributed by atoms with Crippen LogP contribution in [0.15, 0.2) is 76.6 Å². The number of rotatable bonds is 8. The Kier molecular flexibility index (Phi) is 8.53. The van der Waals surface area contributed by atoms with Crippen molar-refractivity contribution in [1.82, 2.24) is 4.90 Å². The number of carbonyl (C=O) groups excluding carboxylic acids is 2. The van der Waals surface area contributed by atoms with Gasteiger partial charge in [-0.25, -0.2) is 9.79 Å². The van der Waals surface area contributed by atoms with E-state index in [9.17, 15) is 9.59 Å². The summed E-state index contributed by atoms with van der Waals surface area (Å²) in [7, 11) is 2.99. The van der Waals surface area contributed by atoms with E-state index in [-0.39, 0.29) is 5.91 Å². The fourth-order valence-corrected chi connectivity index (χ4v) is 4.59. The number of benzene rings is 3. The molecule has 4 rings (SSSR count). The van der Waals surface area contributed by atoms with Crippen LogP contribution in [0.3, 0.4) is 0 Å². The van der Waals surface area contributed by atoms with Gasteiger partial charge in [0.2, 0.25) is 0 Å². The number of esters is 1. The predicted molar refractivity (Wildman–Crippen MR) is 147 cm³/mol. The SMILES string of the molecule is CCOc1cc(C=C2SC(=Nc3cccc(C(=O)OC)c3)N(C)C2=O)ccc1OCc1ccc(Cl)cc1. The molecular formula is C28H25ClN2O5S. The van der Waals surface area contributed by atoms with Gasteiger partial charge in [-0.2, -0.15) is 0 Å². The molecule has 3 aromatic rings. The third kappa shape index (κ3) is 6.53. The average molecular weight is 537 g/mol. The first-order chi connectivity index (χ1) is 17.9. The zero-order chi connectivity index (χ0) is 26.4. The lowest BCUT2D eigenvalue weighted by Gasteiger charge is -2.13. The van der Waals surface area contributed by atoms with E-state index < -0.39 is 5.97 Å². The molecule has 1 aliphatic rings. The number of likely N-dealkylation sites (N-methyl/N-ethyl adjacent to an activating group) is 1. The second-order valence-corrected chi connectivity index (χ2v) is 9.41. The summed E-state index contributed by atoms with van der Waals surface area (Å²) in [6.07, 6.45) is 1.79. The van der Waals surface area contributed by atoms with Gasteiger partial charge in [-0.15, -0.1) is 0 Å². The monoisotopic (exact) mass is 536 g/mol. The summed E-state index contributed by atoms with van der Waals surface area (Å²) in [5.41, 5.74) is 2.71. The molecule has 1 heterocycles. The summed E-state index contributed by atoms with van der Waals surface area (Å²) in [4.78, 5) is 31.3. The van der Waals surface area contributed by atoms with Crippen molar-refractivity contribution in [3.63, 3.8) is 0 Å². The minimum absolute atomic E-state index is 0.172. The van der Waals surface area contributed by atoms with E-state index in [0.717, 1.165) is 11.1 Å². The van der Waals surface area contributed by atoms with Gasteiger partial charge >= 0.3 is 5.97 Å². The first-order valence-electron chi connectivity index (χ1n) is 11.5. The van der Waals surface area contributed by atoms with Crippen molar-refractivity contribution in [2.24, 2.45) is 4.99 Å². The largest absolute Gasteiger partial charge is 0.490 e. The number of hydrogen-bond acceptors (Lipinski definition) is 7. The van der Waals surface area contributed by atoms with Gasteiger partial charge in [0.1, 0.15) is 6.61 Å². The number of halogens is 1. The molecule has 0 atom stereocenters. The van der Waals surface area contributed by atoms with Crippen molar-refractivity contribution in [2.45, 2.75) is 13.5 Å². The van der Waals surface area contributed by atoms with Crippen molar-refractivity contribution >= 4 is 52.2 Å². The quantitative estimate of drug-likeness (QED) is 0.247. The van der Waals surface area contributed by atoms with E-state index >= 15 is 0 Å². The molecule has 0 saturated carbocycles. The molecule has 0 aliphatic carbocycles. The van der Waals surface area contributed by atoms with Gasteiger partial charge < -0.3 is 14.2 Å². The molecule has 0 spiro atoms. The average Bonchev–Trinajstić information content (AvgIpc) is 3.16. The third-order valence-electron chi connectivity index (χ3n) is 5.37. The van der Waals surface area contributed by atoms with E-state index in [1.54, 1.807) is 37.4 Å². The molecule has 37 heavy (non-hydrogen) atoms. The van der Waals surface area contributed by atoms with E-state index in [1.807, 2.05) is 49.4 Å². The fraction of sp³-hybridized carbons (Fsp3) is 0.179. The van der Waals surface area contributed by atoms with Crippen LogP contribution < -0.4 is 9.47 Å². The van der Waals surface area contributed by atoms with Crippen LogP contribution in [0.25, 0.3) is 6.08 Å². The normalized spacial score (nSPS) is 15.4. The number of amides is 1. The molecule has 1 amide bonds. The Morgan fingerprint density at radius 2 is 1.84 bits per heavy atom. The number of nitrogens with zero attached hydrogens (tertiary/aromatic N) is 2. The molecular weight excluding hydrogens is 512 g/mol. The highest BCUT2D eigenvalue weighted by atomic mass is 35.5. The van der Waals surface area contributed by atoms with Crippen molar-refractivity contribution in [3.8, 4) is 11.5 Å². The van der Waals surface area contributed by atoms with Gasteiger partial charge in [0.25, 0.3) is 5.91 Å². The summed E-state index contributed by atoms with van der Waals surface area (Å²) in [6, 6.07) is 19.7. The maximum absolute atomic E-state index is 12.9. The van der Waals surface area contributed by atoms with Crippen molar-refractivity contribution in [3.05, 3.63) is 93.3 Å². The van der Waals surface area contributed by atoms with Crippen molar-refractivity contribution in [2.75, 3.05) is 20.8 Å². The number of aliphatic imine (C=N–C) groups is 1. The molecule has 0 aromatic heterocycles. The van der Waals surface area contributed by atoms with Gasteiger partial charge in [-0.05, 0) is 78.4 Å². The first kappa shape index (κ1) is 26.3. The second kappa shape index (κ2) is 12.0. The Morgan fingerprint density at radius 3 is 2.57 bits per heavy atom. The lowest BCUT2D eigenvalue weighted by atomic mass is 10.1. The van der Waals surface area contributed by atoms with E-state index in [4.69, 9.17) is 25.8 Å². The van der Waals surface area contributed by atoms with Gasteiger partial charge in [-0.1, -0.05) is 35.9 Å². The zero-order valence-corrected chi connectivity index (χ0v) is 22.1. The minimum Gasteiger partial charge on any atom is -0.490 e. The first-order valence-corrected chi connectivity index (χ1v) is 12.7. The van der Waals surface area contributed by atoms with Crippen LogP contribution in [0.2, 0.25) is 5.02 Å². The minimum atomic E-state index is -0.447. The van der Waals surface area contributed by atoms with Crippen LogP contribution in [0, 0.1) is 0 Å². The van der Waals surface area contributed by atoms with E-state index in [2.05, 4.69) is 4.99 Å². The van der Waals surface area contributed by atoms with Crippen LogP contribution in [-0.4, -0.2) is 42.7 Å². The Balaban J connectivity index is 1.54. The van der Waals surface area contributed by atoms with Crippen LogP contribution in [0.4, 0.5) is 5.69 Å². The van der Waals surface area contributed by atoms with Crippen molar-refractivity contribution < 1.29 is 23.8 Å². The highest BCUT2D eigenvalue weighted by Crippen LogP contribution is 2.35. The Labute approximate surface area is 224 Å². The number of hydrogen-bond donors (Lipinski definition) is 0. The number of amidine groups is 1. The molecule has 0 bridgehead atoms.